The van der Waals surface area contributed by atoms with Gasteiger partial charge in [-0.25, -0.2) is 0 Å². The molecule has 138 valence electrons. The summed E-state index contributed by atoms with van der Waals surface area (Å²) in [7, 11) is 3.74. The molecule has 5 heteroatoms. The Hall–Kier alpha value is -1.88. The normalized spacial score (nSPS) is 18.1. The van der Waals surface area contributed by atoms with Gasteiger partial charge < -0.3 is 15.1 Å². The van der Waals surface area contributed by atoms with Gasteiger partial charge in [0.15, 0.2) is 0 Å². The number of carbonyl (C=O) groups is 2. The van der Waals surface area contributed by atoms with Crippen molar-refractivity contribution in [3.8, 4) is 0 Å². The molecular formula is C20H31N3O2. The van der Waals surface area contributed by atoms with Crippen LogP contribution in [0.25, 0.3) is 0 Å². The van der Waals surface area contributed by atoms with E-state index >= 15 is 0 Å². The molecule has 2 amide bonds. The van der Waals surface area contributed by atoms with E-state index in [4.69, 9.17) is 0 Å². The number of likely N-dealkylation sites (N-methyl/N-ethyl adjacent to an activating group) is 1. The molecule has 0 bridgehead atoms. The lowest BCUT2D eigenvalue weighted by Crippen LogP contribution is -2.47. The lowest BCUT2D eigenvalue weighted by molar-refractivity contribution is 0.0698. The summed E-state index contributed by atoms with van der Waals surface area (Å²) < 4.78 is 0. The van der Waals surface area contributed by atoms with Crippen LogP contribution in [-0.2, 0) is 0 Å². The van der Waals surface area contributed by atoms with Crippen LogP contribution < -0.4 is 5.32 Å². The first-order valence-electron chi connectivity index (χ1n) is 9.03. The van der Waals surface area contributed by atoms with Crippen molar-refractivity contribution in [3.05, 3.63) is 35.4 Å². The van der Waals surface area contributed by atoms with Crippen LogP contribution >= 0.6 is 0 Å². The summed E-state index contributed by atoms with van der Waals surface area (Å²) >= 11 is 0. The Balaban J connectivity index is 2.12. The minimum atomic E-state index is -0.0451. The average molecular weight is 345 g/mol. The highest BCUT2D eigenvalue weighted by Gasteiger charge is 2.25. The lowest BCUT2D eigenvalue weighted by Gasteiger charge is -2.32. The van der Waals surface area contributed by atoms with Crippen LogP contribution in [0.2, 0.25) is 0 Å². The Morgan fingerprint density at radius 2 is 1.96 bits per heavy atom. The topological polar surface area (TPSA) is 52.7 Å². The number of nitrogens with zero attached hydrogens (tertiary/aromatic N) is 2. The summed E-state index contributed by atoms with van der Waals surface area (Å²) in [6, 6.07) is 7.45. The van der Waals surface area contributed by atoms with E-state index in [1.807, 2.05) is 19.0 Å². The van der Waals surface area contributed by atoms with E-state index in [0.29, 0.717) is 23.7 Å². The van der Waals surface area contributed by atoms with Crippen molar-refractivity contribution < 1.29 is 9.59 Å². The molecule has 25 heavy (non-hydrogen) atoms. The van der Waals surface area contributed by atoms with Gasteiger partial charge in [0, 0.05) is 43.9 Å². The quantitative estimate of drug-likeness (QED) is 0.913. The van der Waals surface area contributed by atoms with Crippen LogP contribution in [0.5, 0.6) is 0 Å². The van der Waals surface area contributed by atoms with E-state index in [-0.39, 0.29) is 17.2 Å². The summed E-state index contributed by atoms with van der Waals surface area (Å²) in [5.41, 5.74) is 1.19. The van der Waals surface area contributed by atoms with Crippen molar-refractivity contribution in [2.45, 2.75) is 39.7 Å². The molecular weight excluding hydrogens is 314 g/mol. The maximum Gasteiger partial charge on any atom is 0.253 e. The second kappa shape index (κ2) is 8.00. The summed E-state index contributed by atoms with van der Waals surface area (Å²) in [5.74, 6) is -0.0376. The molecule has 1 aromatic carbocycles. The number of likely N-dealkylation sites (tertiary alicyclic amines) is 1. The van der Waals surface area contributed by atoms with Crippen LogP contribution in [0.1, 0.15) is 54.3 Å². The molecule has 1 fully saturated rings. The van der Waals surface area contributed by atoms with Crippen molar-refractivity contribution in [1.82, 2.24) is 15.1 Å². The van der Waals surface area contributed by atoms with Gasteiger partial charge in [-0.1, -0.05) is 26.8 Å². The van der Waals surface area contributed by atoms with Crippen molar-refractivity contribution in [1.29, 1.82) is 0 Å². The summed E-state index contributed by atoms with van der Waals surface area (Å²) in [6.07, 6.45) is 2.10. The molecule has 2 rings (SSSR count). The fourth-order valence-electron chi connectivity index (χ4n) is 3.37. The fourth-order valence-corrected chi connectivity index (χ4v) is 3.37. The Bertz CT molecular complexity index is 622. The van der Waals surface area contributed by atoms with Gasteiger partial charge >= 0.3 is 0 Å². The molecule has 1 unspecified atom stereocenters. The first kappa shape index (κ1) is 19.4. The van der Waals surface area contributed by atoms with Crippen LogP contribution in [0, 0.1) is 5.41 Å². The smallest absolute Gasteiger partial charge is 0.253 e. The summed E-state index contributed by atoms with van der Waals surface area (Å²) in [4.78, 5) is 29.1. The predicted molar refractivity (Wildman–Crippen MR) is 101 cm³/mol. The molecule has 1 N–H and O–H groups in total. The molecule has 1 atom stereocenters. The standard InChI is InChI=1S/C20H31N3O2/c1-20(2,3)14-22(5)18(24)15-8-6-9-16(12-15)19(25)23-11-7-10-17(13-23)21-4/h6,8-9,12,17,21H,7,10-11,13-14H2,1-5H3. The molecule has 0 radical (unpaired) electrons. The number of rotatable bonds is 4. The Kier molecular flexibility index (Phi) is 6.22. The van der Waals surface area contributed by atoms with E-state index in [2.05, 4.69) is 26.1 Å². The van der Waals surface area contributed by atoms with Gasteiger partial charge in [-0.15, -0.1) is 0 Å². The molecule has 0 aliphatic carbocycles. The third-order valence-electron chi connectivity index (χ3n) is 4.53. The number of carbonyl (C=O) groups excluding carboxylic acids is 2. The van der Waals surface area contributed by atoms with Gasteiger partial charge in [-0.2, -0.15) is 0 Å². The SMILES string of the molecule is CNC1CCCN(C(=O)c2cccc(C(=O)N(C)CC(C)(C)C)c2)C1. The monoisotopic (exact) mass is 345 g/mol. The molecule has 0 aromatic heterocycles. The van der Waals surface area contributed by atoms with E-state index in [0.717, 1.165) is 25.9 Å². The van der Waals surface area contributed by atoms with Gasteiger partial charge in [-0.05, 0) is 43.5 Å². The zero-order valence-corrected chi connectivity index (χ0v) is 16.1. The van der Waals surface area contributed by atoms with Gasteiger partial charge in [0.1, 0.15) is 0 Å². The Morgan fingerprint density at radius 3 is 2.60 bits per heavy atom. The van der Waals surface area contributed by atoms with Crippen molar-refractivity contribution in [2.24, 2.45) is 5.41 Å². The third kappa shape index (κ3) is 5.30. The number of amides is 2. The zero-order valence-electron chi connectivity index (χ0n) is 16.1. The minimum Gasteiger partial charge on any atom is -0.341 e. The van der Waals surface area contributed by atoms with Crippen molar-refractivity contribution >= 4 is 11.8 Å². The Morgan fingerprint density at radius 1 is 1.28 bits per heavy atom. The predicted octanol–water partition coefficient (Wildman–Crippen LogP) is 2.63. The summed E-state index contributed by atoms with van der Waals surface area (Å²) in [6.45, 7) is 8.47. The highest BCUT2D eigenvalue weighted by atomic mass is 16.2. The van der Waals surface area contributed by atoms with E-state index in [1.165, 1.54) is 0 Å². The van der Waals surface area contributed by atoms with E-state index < -0.39 is 0 Å². The molecule has 1 heterocycles. The second-order valence-corrected chi connectivity index (χ2v) is 8.18. The first-order valence-corrected chi connectivity index (χ1v) is 9.03. The number of hydrogen-bond acceptors (Lipinski definition) is 3. The van der Waals surface area contributed by atoms with Gasteiger partial charge in [0.05, 0.1) is 0 Å². The Labute approximate surface area is 151 Å². The highest BCUT2D eigenvalue weighted by molar-refractivity contribution is 5.99. The number of benzene rings is 1. The van der Waals surface area contributed by atoms with Crippen LogP contribution in [-0.4, -0.2) is 61.4 Å². The second-order valence-electron chi connectivity index (χ2n) is 8.18. The van der Waals surface area contributed by atoms with Crippen LogP contribution in [0.3, 0.4) is 0 Å². The number of nitrogens with one attached hydrogen (secondary N) is 1. The van der Waals surface area contributed by atoms with Crippen molar-refractivity contribution in [2.75, 3.05) is 33.7 Å². The maximum absolute atomic E-state index is 12.8. The molecule has 5 nitrogen and oxygen atoms in total. The van der Waals surface area contributed by atoms with Crippen molar-refractivity contribution in [3.63, 3.8) is 0 Å². The van der Waals surface area contributed by atoms with E-state index in [9.17, 15) is 9.59 Å². The van der Waals surface area contributed by atoms with Gasteiger partial charge in [0.2, 0.25) is 0 Å². The molecule has 1 aromatic rings. The third-order valence-corrected chi connectivity index (χ3v) is 4.53. The largest absolute Gasteiger partial charge is 0.341 e. The van der Waals surface area contributed by atoms with Crippen LogP contribution in [0.15, 0.2) is 24.3 Å². The summed E-state index contributed by atoms with van der Waals surface area (Å²) in [5, 5.41) is 3.25. The molecule has 1 aliphatic rings. The lowest BCUT2D eigenvalue weighted by atomic mass is 9.96. The minimum absolute atomic E-state index is 0.00748. The molecule has 0 saturated carbocycles. The van der Waals surface area contributed by atoms with E-state index in [1.54, 1.807) is 29.2 Å². The number of hydrogen-bond donors (Lipinski definition) is 1. The van der Waals surface area contributed by atoms with Gasteiger partial charge in [-0.3, -0.25) is 9.59 Å². The average Bonchev–Trinajstić information content (AvgIpc) is 2.59. The number of piperidine rings is 1. The highest BCUT2D eigenvalue weighted by Crippen LogP contribution is 2.18. The maximum atomic E-state index is 12.8. The molecule has 1 aliphatic heterocycles. The first-order chi connectivity index (χ1) is 11.7. The van der Waals surface area contributed by atoms with Crippen LogP contribution in [0.4, 0.5) is 0 Å². The fraction of sp³-hybridized carbons (Fsp3) is 0.600. The molecule has 1 saturated heterocycles. The molecule has 0 spiro atoms. The van der Waals surface area contributed by atoms with Gasteiger partial charge in [0.25, 0.3) is 11.8 Å². The zero-order chi connectivity index (χ0) is 18.6.